The Balaban J connectivity index is 1.37. The number of carbonyl (C=O) groups excluding carboxylic acids is 1. The molecule has 7 nitrogen and oxygen atoms in total. The van der Waals surface area contributed by atoms with Crippen molar-refractivity contribution in [3.63, 3.8) is 0 Å². The molecule has 2 aliphatic heterocycles. The molecule has 0 radical (unpaired) electrons. The number of rotatable bonds is 4. The lowest BCUT2D eigenvalue weighted by molar-refractivity contribution is 0.250. The fourth-order valence-corrected chi connectivity index (χ4v) is 3.40. The fourth-order valence-electron chi connectivity index (χ4n) is 3.40. The number of amides is 2. The second-order valence-corrected chi connectivity index (χ2v) is 6.38. The van der Waals surface area contributed by atoms with Crippen molar-refractivity contribution in [2.45, 2.75) is 0 Å². The molecule has 2 aromatic carbocycles. The van der Waals surface area contributed by atoms with Gasteiger partial charge in [-0.1, -0.05) is 0 Å². The summed E-state index contributed by atoms with van der Waals surface area (Å²) in [7, 11) is 1.69. The molecule has 0 saturated carbocycles. The lowest BCUT2D eigenvalue weighted by atomic mass is 10.2. The van der Waals surface area contributed by atoms with Gasteiger partial charge in [-0.2, -0.15) is 0 Å². The molecule has 0 aliphatic carbocycles. The Bertz CT molecular complexity index is 755. The van der Waals surface area contributed by atoms with Gasteiger partial charge in [-0.05, 0) is 48.5 Å². The molecule has 4 rings (SSSR count). The van der Waals surface area contributed by atoms with E-state index in [0.717, 1.165) is 37.6 Å². The summed E-state index contributed by atoms with van der Waals surface area (Å²) in [5.41, 5.74) is 8.73. The van der Waals surface area contributed by atoms with E-state index in [2.05, 4.69) is 44.9 Å². The van der Waals surface area contributed by atoms with Gasteiger partial charge < -0.3 is 14.5 Å². The van der Waals surface area contributed by atoms with Crippen LogP contribution in [0.25, 0.3) is 0 Å². The lowest BCUT2D eigenvalue weighted by Crippen LogP contribution is -2.46. The Morgan fingerprint density at radius 2 is 1.31 bits per heavy atom. The number of nitrogens with zero attached hydrogens (tertiary/aromatic N) is 3. The van der Waals surface area contributed by atoms with E-state index < -0.39 is 0 Å². The van der Waals surface area contributed by atoms with Crippen LogP contribution in [-0.4, -0.2) is 46.0 Å². The Kier molecular flexibility index (Phi) is 4.53. The average Bonchev–Trinajstić information content (AvgIpc) is 3.14. The van der Waals surface area contributed by atoms with Crippen LogP contribution in [0.15, 0.2) is 48.5 Å². The molecule has 2 aliphatic rings. The number of benzene rings is 2. The third-order valence-electron chi connectivity index (χ3n) is 4.92. The Morgan fingerprint density at radius 3 is 1.77 bits per heavy atom. The molecule has 136 valence electrons. The van der Waals surface area contributed by atoms with E-state index in [-0.39, 0.29) is 6.03 Å². The second-order valence-electron chi connectivity index (χ2n) is 6.38. The number of hydrogen-bond donors (Lipinski definition) is 2. The van der Waals surface area contributed by atoms with Gasteiger partial charge in [-0.15, -0.1) is 0 Å². The zero-order valence-electron chi connectivity index (χ0n) is 14.8. The first-order valence-corrected chi connectivity index (χ1v) is 8.79. The molecule has 0 unspecified atom stereocenters. The van der Waals surface area contributed by atoms with Gasteiger partial charge in [0.25, 0.3) is 0 Å². The van der Waals surface area contributed by atoms with Crippen LogP contribution in [0.1, 0.15) is 0 Å². The number of hydrazine groups is 1. The van der Waals surface area contributed by atoms with Crippen molar-refractivity contribution < 1.29 is 9.53 Å². The maximum absolute atomic E-state index is 11.7. The second kappa shape index (κ2) is 7.13. The summed E-state index contributed by atoms with van der Waals surface area (Å²) in [6.07, 6.45) is 0. The van der Waals surface area contributed by atoms with Crippen molar-refractivity contribution in [2.24, 2.45) is 0 Å². The molecule has 2 N–H and O–H groups in total. The first kappa shape index (κ1) is 16.5. The highest BCUT2D eigenvalue weighted by Gasteiger charge is 2.22. The monoisotopic (exact) mass is 353 g/mol. The molecule has 2 aromatic rings. The summed E-state index contributed by atoms with van der Waals surface area (Å²) in [6, 6.07) is 16.3. The molecule has 0 spiro atoms. The van der Waals surface area contributed by atoms with Gasteiger partial charge in [0.1, 0.15) is 5.75 Å². The van der Waals surface area contributed by atoms with Crippen LogP contribution in [0.5, 0.6) is 5.75 Å². The largest absolute Gasteiger partial charge is 0.497 e. The predicted molar refractivity (Wildman–Crippen MR) is 103 cm³/mol. The zero-order chi connectivity index (χ0) is 17.9. The number of urea groups is 1. The van der Waals surface area contributed by atoms with Crippen molar-refractivity contribution in [3.8, 4) is 5.75 Å². The maximum atomic E-state index is 11.7. The van der Waals surface area contributed by atoms with E-state index >= 15 is 0 Å². The van der Waals surface area contributed by atoms with Crippen LogP contribution >= 0.6 is 0 Å². The highest BCUT2D eigenvalue weighted by molar-refractivity contribution is 5.93. The normalized spacial score (nSPS) is 17.4. The molecule has 26 heavy (non-hydrogen) atoms. The van der Waals surface area contributed by atoms with E-state index in [1.165, 1.54) is 11.4 Å². The molecule has 2 saturated heterocycles. The minimum Gasteiger partial charge on any atom is -0.497 e. The fraction of sp³-hybridized carbons (Fsp3) is 0.316. The summed E-state index contributed by atoms with van der Waals surface area (Å²) in [6.45, 7) is 4.38. The van der Waals surface area contributed by atoms with Gasteiger partial charge in [0.15, 0.2) is 0 Å². The number of anilines is 3. The zero-order valence-corrected chi connectivity index (χ0v) is 14.8. The van der Waals surface area contributed by atoms with Gasteiger partial charge in [-0.25, -0.2) is 10.2 Å². The number of methoxy groups -OCH3 is 1. The van der Waals surface area contributed by atoms with Crippen molar-refractivity contribution in [2.75, 3.05) is 54.7 Å². The first-order chi connectivity index (χ1) is 12.7. The van der Waals surface area contributed by atoms with Crippen LogP contribution in [0, 0.1) is 0 Å². The van der Waals surface area contributed by atoms with Crippen LogP contribution in [0.3, 0.4) is 0 Å². The number of carbonyl (C=O) groups is 1. The molecular weight excluding hydrogens is 330 g/mol. The summed E-state index contributed by atoms with van der Waals surface area (Å²) in [5.74, 6) is 0.884. The first-order valence-electron chi connectivity index (χ1n) is 8.79. The molecule has 2 amide bonds. The minimum atomic E-state index is -0.120. The van der Waals surface area contributed by atoms with Crippen molar-refractivity contribution in [1.29, 1.82) is 0 Å². The lowest BCUT2D eigenvalue weighted by Gasteiger charge is -2.37. The van der Waals surface area contributed by atoms with E-state index in [1.807, 2.05) is 24.3 Å². The molecule has 7 heteroatoms. The predicted octanol–water partition coefficient (Wildman–Crippen LogP) is 2.01. The third-order valence-corrected chi connectivity index (χ3v) is 4.92. The van der Waals surface area contributed by atoms with Gasteiger partial charge >= 0.3 is 6.03 Å². The Morgan fingerprint density at radius 1 is 0.808 bits per heavy atom. The van der Waals surface area contributed by atoms with Gasteiger partial charge in [-0.3, -0.25) is 10.3 Å². The van der Waals surface area contributed by atoms with Crippen LogP contribution in [0.4, 0.5) is 21.9 Å². The van der Waals surface area contributed by atoms with Crippen molar-refractivity contribution in [1.82, 2.24) is 10.9 Å². The number of hydrogen-bond acceptors (Lipinski definition) is 5. The number of ether oxygens (including phenoxy) is 1. The smallest absolute Gasteiger partial charge is 0.337 e. The van der Waals surface area contributed by atoms with E-state index in [4.69, 9.17) is 4.74 Å². The summed E-state index contributed by atoms with van der Waals surface area (Å²) >= 11 is 0. The van der Waals surface area contributed by atoms with Crippen LogP contribution in [-0.2, 0) is 0 Å². The Labute approximate surface area is 153 Å². The summed E-state index contributed by atoms with van der Waals surface area (Å²) in [4.78, 5) is 18.1. The van der Waals surface area contributed by atoms with Gasteiger partial charge in [0, 0.05) is 43.2 Å². The Hall–Kier alpha value is -2.93. The molecule has 0 atom stereocenters. The van der Waals surface area contributed by atoms with Gasteiger partial charge in [0.05, 0.1) is 13.8 Å². The molecule has 2 fully saturated rings. The van der Waals surface area contributed by atoms with E-state index in [1.54, 1.807) is 12.0 Å². The highest BCUT2D eigenvalue weighted by atomic mass is 16.5. The van der Waals surface area contributed by atoms with E-state index in [0.29, 0.717) is 6.67 Å². The number of nitrogens with one attached hydrogen (secondary N) is 2. The maximum Gasteiger partial charge on any atom is 0.337 e. The molecule has 2 heterocycles. The molecular formula is C19H23N5O2. The number of piperazine rings is 1. The molecule has 0 bridgehead atoms. The molecule has 0 aromatic heterocycles. The third kappa shape index (κ3) is 3.25. The highest BCUT2D eigenvalue weighted by Crippen LogP contribution is 2.25. The summed E-state index contributed by atoms with van der Waals surface area (Å²) in [5, 5.41) is 0. The van der Waals surface area contributed by atoms with Crippen LogP contribution in [0.2, 0.25) is 0 Å². The SMILES string of the molecule is COc1ccc(N2CCN(c3ccc(N4CNNC4=O)cc3)CC2)cc1. The minimum absolute atomic E-state index is 0.120. The average molecular weight is 353 g/mol. The van der Waals surface area contributed by atoms with Crippen LogP contribution < -0.4 is 30.3 Å². The quantitative estimate of drug-likeness (QED) is 0.881. The van der Waals surface area contributed by atoms with Crippen molar-refractivity contribution >= 4 is 23.1 Å². The van der Waals surface area contributed by atoms with E-state index in [9.17, 15) is 4.79 Å². The van der Waals surface area contributed by atoms with Gasteiger partial charge in [0.2, 0.25) is 0 Å². The van der Waals surface area contributed by atoms with Crippen molar-refractivity contribution in [3.05, 3.63) is 48.5 Å². The topological polar surface area (TPSA) is 60.1 Å². The standard InChI is InChI=1S/C19H23N5O2/c1-26-18-8-6-16(7-9-18)23-12-10-22(11-13-23)15-2-4-17(5-3-15)24-14-20-21-19(24)25/h2-9,20H,10-14H2,1H3,(H,21,25). The summed E-state index contributed by atoms with van der Waals surface area (Å²) < 4.78 is 5.23.